The van der Waals surface area contributed by atoms with Crippen LogP contribution in [0.2, 0.25) is 0 Å². The Bertz CT molecular complexity index is 979. The predicted molar refractivity (Wildman–Crippen MR) is 92.8 cm³/mol. The lowest BCUT2D eigenvalue weighted by Crippen LogP contribution is -1.81. The summed E-state index contributed by atoms with van der Waals surface area (Å²) < 4.78 is 5.89. The monoisotopic (exact) mass is 298 g/mol. The zero-order valence-electron chi connectivity index (χ0n) is 12.4. The highest BCUT2D eigenvalue weighted by Crippen LogP contribution is 2.29. The van der Waals surface area contributed by atoms with Gasteiger partial charge in [-0.2, -0.15) is 0 Å². The number of benzene rings is 3. The average molecular weight is 298 g/mol. The molecule has 0 radical (unpaired) electrons. The summed E-state index contributed by atoms with van der Waals surface area (Å²) in [7, 11) is 0. The van der Waals surface area contributed by atoms with Crippen LogP contribution >= 0.6 is 0 Å². The van der Waals surface area contributed by atoms with Gasteiger partial charge in [0.15, 0.2) is 0 Å². The number of hydrogen-bond donors (Lipinski definition) is 0. The standard InChI is InChI=1S/C20H14N2O/c1-2-14-10-12-16(13-11-14)19-21-22-20(23-19)18-9-5-7-15-6-3-4-8-17(15)18/h2-13H,1H2. The van der Waals surface area contributed by atoms with Crippen LogP contribution in [0.5, 0.6) is 0 Å². The van der Waals surface area contributed by atoms with Crippen molar-refractivity contribution in [2.24, 2.45) is 0 Å². The number of fused-ring (bicyclic) bond motifs is 1. The molecule has 23 heavy (non-hydrogen) atoms. The summed E-state index contributed by atoms with van der Waals surface area (Å²) in [6.45, 7) is 3.75. The molecule has 0 aliphatic rings. The SMILES string of the molecule is C=Cc1ccc(-c2nnc(-c3cccc4ccccc34)o2)cc1. The highest BCUT2D eigenvalue weighted by atomic mass is 16.4. The molecule has 0 aliphatic carbocycles. The molecule has 0 bridgehead atoms. The molecule has 1 heterocycles. The van der Waals surface area contributed by atoms with Crippen LogP contribution in [0.4, 0.5) is 0 Å². The molecule has 0 saturated carbocycles. The van der Waals surface area contributed by atoms with Crippen molar-refractivity contribution in [2.45, 2.75) is 0 Å². The molecule has 3 aromatic carbocycles. The van der Waals surface area contributed by atoms with Crippen LogP contribution < -0.4 is 0 Å². The normalized spacial score (nSPS) is 10.8. The van der Waals surface area contributed by atoms with Gasteiger partial charge in [-0.3, -0.25) is 0 Å². The second-order valence-corrected chi connectivity index (χ2v) is 5.27. The van der Waals surface area contributed by atoms with Crippen molar-refractivity contribution in [2.75, 3.05) is 0 Å². The largest absolute Gasteiger partial charge is 0.416 e. The van der Waals surface area contributed by atoms with Gasteiger partial charge < -0.3 is 4.42 Å². The summed E-state index contributed by atoms with van der Waals surface area (Å²) in [6, 6.07) is 22.1. The molecular formula is C20H14N2O. The van der Waals surface area contributed by atoms with Gasteiger partial charge in [-0.05, 0) is 34.5 Å². The molecule has 0 spiro atoms. The topological polar surface area (TPSA) is 38.9 Å². The average Bonchev–Trinajstić information content (AvgIpc) is 3.11. The number of nitrogens with zero attached hydrogens (tertiary/aromatic N) is 2. The fraction of sp³-hybridized carbons (Fsp3) is 0. The van der Waals surface area contributed by atoms with E-state index in [-0.39, 0.29) is 0 Å². The van der Waals surface area contributed by atoms with E-state index in [1.165, 1.54) is 0 Å². The molecule has 1 aromatic heterocycles. The fourth-order valence-corrected chi connectivity index (χ4v) is 2.62. The molecule has 0 fully saturated rings. The first-order valence-corrected chi connectivity index (χ1v) is 7.40. The minimum Gasteiger partial charge on any atom is -0.416 e. The third-order valence-electron chi connectivity index (χ3n) is 3.84. The van der Waals surface area contributed by atoms with Crippen molar-refractivity contribution in [3.63, 3.8) is 0 Å². The summed E-state index contributed by atoms with van der Waals surface area (Å²) in [5, 5.41) is 10.7. The smallest absolute Gasteiger partial charge is 0.248 e. The van der Waals surface area contributed by atoms with Crippen LogP contribution in [-0.2, 0) is 0 Å². The third kappa shape index (κ3) is 2.42. The van der Waals surface area contributed by atoms with Crippen molar-refractivity contribution in [1.29, 1.82) is 0 Å². The van der Waals surface area contributed by atoms with Gasteiger partial charge in [-0.15, -0.1) is 10.2 Å². The molecule has 0 unspecified atom stereocenters. The molecule has 0 N–H and O–H groups in total. The first-order chi connectivity index (χ1) is 11.3. The Hall–Kier alpha value is -3.20. The molecule has 3 nitrogen and oxygen atoms in total. The van der Waals surface area contributed by atoms with Crippen LogP contribution in [0.25, 0.3) is 39.8 Å². The zero-order chi connectivity index (χ0) is 15.6. The van der Waals surface area contributed by atoms with Crippen LogP contribution in [-0.4, -0.2) is 10.2 Å². The first kappa shape index (κ1) is 13.5. The molecule has 0 amide bonds. The Morgan fingerprint density at radius 3 is 2.35 bits per heavy atom. The van der Waals surface area contributed by atoms with Crippen molar-refractivity contribution < 1.29 is 4.42 Å². The summed E-state index contributed by atoms with van der Waals surface area (Å²) in [5.41, 5.74) is 2.90. The van der Waals surface area contributed by atoms with Crippen molar-refractivity contribution in [3.05, 3.63) is 78.9 Å². The lowest BCUT2D eigenvalue weighted by atomic mass is 10.0. The van der Waals surface area contributed by atoms with Crippen molar-refractivity contribution in [1.82, 2.24) is 10.2 Å². The first-order valence-electron chi connectivity index (χ1n) is 7.40. The van der Waals surface area contributed by atoms with Gasteiger partial charge in [-0.1, -0.05) is 61.2 Å². The van der Waals surface area contributed by atoms with Gasteiger partial charge in [0.2, 0.25) is 11.8 Å². The maximum absolute atomic E-state index is 5.89. The Morgan fingerprint density at radius 1 is 0.783 bits per heavy atom. The van der Waals surface area contributed by atoms with Crippen LogP contribution in [0.1, 0.15) is 5.56 Å². The second-order valence-electron chi connectivity index (χ2n) is 5.27. The summed E-state index contributed by atoms with van der Waals surface area (Å²) in [5.74, 6) is 1.05. The Balaban J connectivity index is 1.78. The van der Waals surface area contributed by atoms with Crippen molar-refractivity contribution in [3.8, 4) is 22.9 Å². The summed E-state index contributed by atoms with van der Waals surface area (Å²) >= 11 is 0. The van der Waals surface area contributed by atoms with E-state index in [0.717, 1.165) is 27.5 Å². The minimum atomic E-state index is 0.517. The van der Waals surface area contributed by atoms with E-state index in [1.807, 2.05) is 48.5 Å². The molecule has 0 aliphatic heterocycles. The maximum Gasteiger partial charge on any atom is 0.248 e. The molecule has 0 atom stereocenters. The molecule has 110 valence electrons. The highest BCUT2D eigenvalue weighted by molar-refractivity contribution is 5.94. The van der Waals surface area contributed by atoms with E-state index in [1.54, 1.807) is 6.08 Å². The van der Waals surface area contributed by atoms with E-state index < -0.39 is 0 Å². The highest BCUT2D eigenvalue weighted by Gasteiger charge is 2.12. The molecule has 4 aromatic rings. The second kappa shape index (κ2) is 5.54. The van der Waals surface area contributed by atoms with Gasteiger partial charge in [0.05, 0.1) is 0 Å². The van der Waals surface area contributed by atoms with Crippen molar-refractivity contribution >= 4 is 16.8 Å². The van der Waals surface area contributed by atoms with Crippen LogP contribution in [0.3, 0.4) is 0 Å². The van der Waals surface area contributed by atoms with E-state index in [4.69, 9.17) is 4.42 Å². The van der Waals surface area contributed by atoms with Gasteiger partial charge >= 0.3 is 0 Å². The van der Waals surface area contributed by atoms with Gasteiger partial charge in [0.25, 0.3) is 0 Å². The maximum atomic E-state index is 5.89. The lowest BCUT2D eigenvalue weighted by molar-refractivity contribution is 0.585. The van der Waals surface area contributed by atoms with E-state index >= 15 is 0 Å². The molecular weight excluding hydrogens is 284 g/mol. The zero-order valence-corrected chi connectivity index (χ0v) is 12.4. The Labute approximate surface area is 133 Å². The van der Waals surface area contributed by atoms with E-state index in [0.29, 0.717) is 11.8 Å². The minimum absolute atomic E-state index is 0.517. The van der Waals surface area contributed by atoms with Crippen LogP contribution in [0.15, 0.2) is 77.7 Å². The van der Waals surface area contributed by atoms with Gasteiger partial charge in [0.1, 0.15) is 0 Å². The van der Waals surface area contributed by atoms with Gasteiger partial charge in [0, 0.05) is 11.1 Å². The quantitative estimate of drug-likeness (QED) is 0.522. The Morgan fingerprint density at radius 2 is 1.52 bits per heavy atom. The molecule has 4 rings (SSSR count). The van der Waals surface area contributed by atoms with Crippen LogP contribution in [0, 0.1) is 0 Å². The number of rotatable bonds is 3. The number of aromatic nitrogens is 2. The van der Waals surface area contributed by atoms with E-state index in [2.05, 4.69) is 35.0 Å². The Kier molecular flexibility index (Phi) is 3.24. The molecule has 0 saturated heterocycles. The summed E-state index contributed by atoms with van der Waals surface area (Å²) in [4.78, 5) is 0. The summed E-state index contributed by atoms with van der Waals surface area (Å²) in [6.07, 6.45) is 1.80. The number of hydrogen-bond acceptors (Lipinski definition) is 3. The third-order valence-corrected chi connectivity index (χ3v) is 3.84. The van der Waals surface area contributed by atoms with Gasteiger partial charge in [-0.25, -0.2) is 0 Å². The fourth-order valence-electron chi connectivity index (χ4n) is 2.62. The lowest BCUT2D eigenvalue weighted by Gasteiger charge is -2.01. The predicted octanol–water partition coefficient (Wildman–Crippen LogP) is 5.20. The van der Waals surface area contributed by atoms with E-state index in [9.17, 15) is 0 Å². The molecule has 3 heteroatoms.